The van der Waals surface area contributed by atoms with E-state index in [4.69, 9.17) is 9.47 Å². The first-order valence-corrected chi connectivity index (χ1v) is 18.2. The van der Waals surface area contributed by atoms with E-state index in [1.54, 1.807) is 21.6 Å². The number of Topliss-reactive ketones (excluding diaryl/α,β-unsaturated/α-hetero) is 2. The van der Waals surface area contributed by atoms with E-state index in [0.29, 0.717) is 24.7 Å². The normalized spacial score (nSPS) is 13.7. The number of benzene rings is 1. The second-order valence-corrected chi connectivity index (χ2v) is 14.0. The predicted molar refractivity (Wildman–Crippen MR) is 177 cm³/mol. The predicted octanol–water partition coefficient (Wildman–Crippen LogP) is 7.06. The SMILES string of the molecule is CCCC(CCC)C(=O)CC(C)=O.O=C(O)CC1(CNC(=O)OCCSSCCOC(=O)Cc2ccccc2)CCCCC1. The maximum Gasteiger partial charge on any atom is 0.407 e. The molecular weight excluding hydrogens is 602 g/mol. The molecule has 0 spiro atoms. The van der Waals surface area contributed by atoms with E-state index in [9.17, 15) is 29.1 Å². The lowest BCUT2D eigenvalue weighted by molar-refractivity contribution is -0.142. The molecule has 1 aromatic rings. The fraction of sp³-hybridized carbons (Fsp3) is 0.667. The smallest absolute Gasteiger partial charge is 0.407 e. The average molecular weight is 654 g/mol. The zero-order valence-corrected chi connectivity index (χ0v) is 28.2. The number of esters is 1. The van der Waals surface area contributed by atoms with Crippen LogP contribution in [0.4, 0.5) is 4.79 Å². The number of carbonyl (C=O) groups is 5. The molecule has 11 heteroatoms. The number of hydrogen-bond acceptors (Lipinski definition) is 9. The van der Waals surface area contributed by atoms with Gasteiger partial charge in [-0.15, -0.1) is 0 Å². The van der Waals surface area contributed by atoms with Gasteiger partial charge < -0.3 is 19.9 Å². The van der Waals surface area contributed by atoms with Crippen LogP contribution in [0.1, 0.15) is 97.0 Å². The highest BCUT2D eigenvalue weighted by atomic mass is 33.1. The van der Waals surface area contributed by atoms with E-state index < -0.39 is 12.1 Å². The monoisotopic (exact) mass is 653 g/mol. The van der Waals surface area contributed by atoms with Gasteiger partial charge in [0, 0.05) is 24.0 Å². The highest BCUT2D eigenvalue weighted by Crippen LogP contribution is 2.38. The number of ketones is 2. The summed E-state index contributed by atoms with van der Waals surface area (Å²) >= 11 is 0. The van der Waals surface area contributed by atoms with Gasteiger partial charge in [-0.25, -0.2) is 4.79 Å². The molecule has 248 valence electrons. The maximum absolute atomic E-state index is 11.9. The van der Waals surface area contributed by atoms with Crippen molar-refractivity contribution in [1.29, 1.82) is 0 Å². The van der Waals surface area contributed by atoms with E-state index in [0.717, 1.165) is 63.4 Å². The van der Waals surface area contributed by atoms with Crippen molar-refractivity contribution < 1.29 is 38.6 Å². The third kappa shape index (κ3) is 19.0. The number of alkyl carbamates (subject to hydrolysis) is 1. The molecule has 1 fully saturated rings. The van der Waals surface area contributed by atoms with Crippen molar-refractivity contribution in [3.63, 3.8) is 0 Å². The van der Waals surface area contributed by atoms with Crippen molar-refractivity contribution in [2.45, 2.75) is 97.8 Å². The Hall–Kier alpha value is -2.53. The molecule has 1 aromatic carbocycles. The average Bonchev–Trinajstić information content (AvgIpc) is 2.98. The second kappa shape index (κ2) is 23.8. The summed E-state index contributed by atoms with van der Waals surface area (Å²) in [5, 5.41) is 11.9. The molecule has 1 aliphatic carbocycles. The number of aliphatic carboxylic acids is 1. The summed E-state index contributed by atoms with van der Waals surface area (Å²) in [6.07, 6.45) is 8.64. The van der Waals surface area contributed by atoms with Crippen molar-refractivity contribution >= 4 is 51.2 Å². The zero-order chi connectivity index (χ0) is 32.6. The molecule has 0 radical (unpaired) electrons. The first kappa shape index (κ1) is 39.5. The fourth-order valence-corrected chi connectivity index (χ4v) is 6.85. The molecule has 0 aromatic heterocycles. The minimum Gasteiger partial charge on any atom is -0.481 e. The molecule has 9 nitrogen and oxygen atoms in total. The number of carboxylic acids is 1. The third-order valence-electron chi connectivity index (χ3n) is 7.31. The van der Waals surface area contributed by atoms with Crippen molar-refractivity contribution in [3.05, 3.63) is 35.9 Å². The lowest BCUT2D eigenvalue weighted by atomic mass is 9.72. The van der Waals surface area contributed by atoms with Crippen LogP contribution >= 0.6 is 21.6 Å². The van der Waals surface area contributed by atoms with Crippen LogP contribution in [0.15, 0.2) is 30.3 Å². The fourth-order valence-electron chi connectivity index (χ4n) is 5.19. The van der Waals surface area contributed by atoms with Crippen molar-refractivity contribution in [3.8, 4) is 0 Å². The molecule has 0 unspecified atom stereocenters. The Labute approximate surface area is 270 Å². The first-order chi connectivity index (χ1) is 21.1. The summed E-state index contributed by atoms with van der Waals surface area (Å²) in [5.74, 6) is 0.467. The molecule has 0 heterocycles. The number of ether oxygens (including phenoxy) is 2. The Morgan fingerprint density at radius 3 is 2.05 bits per heavy atom. The van der Waals surface area contributed by atoms with Crippen LogP contribution in [0.25, 0.3) is 0 Å². The van der Waals surface area contributed by atoms with E-state index in [1.807, 2.05) is 30.3 Å². The minimum atomic E-state index is -0.823. The highest BCUT2D eigenvalue weighted by molar-refractivity contribution is 8.76. The summed E-state index contributed by atoms with van der Waals surface area (Å²) in [6, 6.07) is 9.47. The lowest BCUT2D eigenvalue weighted by Gasteiger charge is -2.36. The molecule has 44 heavy (non-hydrogen) atoms. The number of carbonyl (C=O) groups excluding carboxylic acids is 4. The Kier molecular flexibility index (Phi) is 21.4. The third-order valence-corrected chi connectivity index (χ3v) is 9.64. The van der Waals surface area contributed by atoms with E-state index in [1.165, 1.54) is 6.92 Å². The summed E-state index contributed by atoms with van der Waals surface area (Å²) in [7, 11) is 3.11. The van der Waals surface area contributed by atoms with Gasteiger partial charge in [-0.2, -0.15) is 0 Å². The Balaban J connectivity index is 0.000000627. The summed E-state index contributed by atoms with van der Waals surface area (Å²) in [5.41, 5.74) is 0.577. The standard InChI is InChI=1S/C22H31NO6S2.C11H20O2/c24-19(25)16-22(9-5-2-6-10-22)17-23-21(27)29-12-14-31-30-13-11-28-20(26)15-18-7-3-1-4-8-18;1-4-6-10(7-5-2)11(13)8-9(3)12/h1,3-4,7-8H,2,5-6,9-17H2,(H,23,27)(H,24,25);10H,4-8H2,1-3H3. The summed E-state index contributed by atoms with van der Waals surface area (Å²) < 4.78 is 10.4. The van der Waals surface area contributed by atoms with Gasteiger partial charge in [0.25, 0.3) is 0 Å². The molecule has 0 atom stereocenters. The van der Waals surface area contributed by atoms with Gasteiger partial charge in [0.05, 0.1) is 19.3 Å². The van der Waals surface area contributed by atoms with Gasteiger partial charge in [-0.1, -0.05) is 97.9 Å². The van der Waals surface area contributed by atoms with Crippen LogP contribution in [0.5, 0.6) is 0 Å². The van der Waals surface area contributed by atoms with Gasteiger partial charge in [0.2, 0.25) is 0 Å². The summed E-state index contributed by atoms with van der Waals surface area (Å²) in [4.78, 5) is 57.1. The van der Waals surface area contributed by atoms with Crippen molar-refractivity contribution in [2.75, 3.05) is 31.3 Å². The van der Waals surface area contributed by atoms with E-state index in [2.05, 4.69) is 19.2 Å². The largest absolute Gasteiger partial charge is 0.481 e. The van der Waals surface area contributed by atoms with Crippen LogP contribution in [0, 0.1) is 11.3 Å². The topological polar surface area (TPSA) is 136 Å². The molecule has 1 amide bonds. The summed E-state index contributed by atoms with van der Waals surface area (Å²) in [6.45, 7) is 6.58. The molecule has 0 bridgehead atoms. The number of nitrogens with one attached hydrogen (secondary N) is 1. The molecule has 0 aliphatic heterocycles. The zero-order valence-electron chi connectivity index (χ0n) is 26.6. The number of rotatable bonds is 20. The Morgan fingerprint density at radius 2 is 1.50 bits per heavy atom. The lowest BCUT2D eigenvalue weighted by Crippen LogP contribution is -2.40. The second-order valence-electron chi connectivity index (χ2n) is 11.3. The van der Waals surface area contributed by atoms with Crippen LogP contribution < -0.4 is 5.32 Å². The van der Waals surface area contributed by atoms with E-state index in [-0.39, 0.29) is 54.7 Å². The molecule has 1 saturated carbocycles. The quantitative estimate of drug-likeness (QED) is 0.0652. The molecule has 2 N–H and O–H groups in total. The Morgan fingerprint density at radius 1 is 0.909 bits per heavy atom. The molecular formula is C33H51NO8S2. The maximum atomic E-state index is 11.9. The Bertz CT molecular complexity index is 993. The van der Waals surface area contributed by atoms with E-state index >= 15 is 0 Å². The number of hydrogen-bond donors (Lipinski definition) is 2. The number of carboxylic acid groups (broad SMARTS) is 1. The van der Waals surface area contributed by atoms with Crippen molar-refractivity contribution in [2.24, 2.45) is 11.3 Å². The van der Waals surface area contributed by atoms with Crippen LogP contribution in [0.2, 0.25) is 0 Å². The van der Waals surface area contributed by atoms with Gasteiger partial charge in [-0.05, 0) is 43.6 Å². The molecule has 1 aliphatic rings. The van der Waals surface area contributed by atoms with Gasteiger partial charge in [0.15, 0.2) is 0 Å². The van der Waals surface area contributed by atoms with Crippen LogP contribution in [-0.2, 0) is 35.1 Å². The van der Waals surface area contributed by atoms with Crippen LogP contribution in [0.3, 0.4) is 0 Å². The minimum absolute atomic E-state index is 0.0118. The highest BCUT2D eigenvalue weighted by Gasteiger charge is 2.34. The molecule has 2 rings (SSSR count). The van der Waals surface area contributed by atoms with Crippen molar-refractivity contribution in [1.82, 2.24) is 5.32 Å². The van der Waals surface area contributed by atoms with Crippen LogP contribution in [-0.4, -0.2) is 66.0 Å². The van der Waals surface area contributed by atoms with Gasteiger partial charge >= 0.3 is 18.0 Å². The first-order valence-electron chi connectivity index (χ1n) is 15.7. The molecule has 0 saturated heterocycles. The number of amides is 1. The van der Waals surface area contributed by atoms with Gasteiger partial charge in [0.1, 0.15) is 24.8 Å². The van der Waals surface area contributed by atoms with Gasteiger partial charge in [-0.3, -0.25) is 19.2 Å².